The maximum absolute atomic E-state index is 11.4. The highest BCUT2D eigenvalue weighted by atomic mass is 32.2. The SMILES string of the molecule is O=C1CSCC(=O)N1C1CCCN1. The summed E-state index contributed by atoms with van der Waals surface area (Å²) in [6.07, 6.45) is 1.93. The lowest BCUT2D eigenvalue weighted by Crippen LogP contribution is -2.52. The Morgan fingerprint density at radius 1 is 1.31 bits per heavy atom. The Labute approximate surface area is 81.0 Å². The Hall–Kier alpha value is -0.550. The third-order valence-electron chi connectivity index (χ3n) is 2.33. The predicted octanol–water partition coefficient (Wildman–Crippen LogP) is -0.202. The minimum Gasteiger partial charge on any atom is -0.297 e. The summed E-state index contributed by atoms with van der Waals surface area (Å²) in [4.78, 5) is 24.3. The number of nitrogens with one attached hydrogen (secondary N) is 1. The molecule has 2 heterocycles. The van der Waals surface area contributed by atoms with Crippen LogP contribution in [-0.2, 0) is 9.59 Å². The van der Waals surface area contributed by atoms with Crippen LogP contribution in [0.1, 0.15) is 12.8 Å². The summed E-state index contributed by atoms with van der Waals surface area (Å²) >= 11 is 1.41. The van der Waals surface area contributed by atoms with E-state index in [1.54, 1.807) is 0 Å². The average Bonchev–Trinajstić information content (AvgIpc) is 2.57. The molecule has 1 atom stereocenters. The second kappa shape index (κ2) is 3.67. The van der Waals surface area contributed by atoms with E-state index in [0.717, 1.165) is 19.4 Å². The number of rotatable bonds is 1. The summed E-state index contributed by atoms with van der Waals surface area (Å²) < 4.78 is 0. The van der Waals surface area contributed by atoms with Crippen molar-refractivity contribution in [1.29, 1.82) is 0 Å². The van der Waals surface area contributed by atoms with Crippen LogP contribution < -0.4 is 5.32 Å². The van der Waals surface area contributed by atoms with Crippen molar-refractivity contribution < 1.29 is 9.59 Å². The summed E-state index contributed by atoms with van der Waals surface area (Å²) in [5.41, 5.74) is 0. The second-order valence-electron chi connectivity index (χ2n) is 3.26. The number of thioether (sulfide) groups is 1. The summed E-state index contributed by atoms with van der Waals surface area (Å²) in [6.45, 7) is 0.912. The highest BCUT2D eigenvalue weighted by Crippen LogP contribution is 2.18. The Kier molecular flexibility index (Phi) is 2.55. The first kappa shape index (κ1) is 9.02. The molecule has 2 rings (SSSR count). The number of carbonyl (C=O) groups is 2. The fourth-order valence-electron chi connectivity index (χ4n) is 1.74. The average molecular weight is 200 g/mol. The summed E-state index contributed by atoms with van der Waals surface area (Å²) in [6, 6.07) is 0. The van der Waals surface area contributed by atoms with E-state index in [9.17, 15) is 9.59 Å². The van der Waals surface area contributed by atoms with E-state index in [1.807, 2.05) is 0 Å². The number of amides is 2. The third kappa shape index (κ3) is 1.71. The van der Waals surface area contributed by atoms with E-state index in [-0.39, 0.29) is 18.0 Å². The van der Waals surface area contributed by atoms with E-state index < -0.39 is 0 Å². The van der Waals surface area contributed by atoms with Crippen molar-refractivity contribution in [2.75, 3.05) is 18.1 Å². The number of carbonyl (C=O) groups excluding carboxylic acids is 2. The Morgan fingerprint density at radius 3 is 2.54 bits per heavy atom. The maximum Gasteiger partial charge on any atom is 0.240 e. The standard InChI is InChI=1S/C8H12N2O2S/c11-7-4-13-5-8(12)10(7)6-2-1-3-9-6/h6,9H,1-5H2. The number of hydrogen-bond acceptors (Lipinski definition) is 4. The Bertz CT molecular complexity index is 222. The normalized spacial score (nSPS) is 29.8. The van der Waals surface area contributed by atoms with Crippen LogP contribution in [0.4, 0.5) is 0 Å². The summed E-state index contributed by atoms with van der Waals surface area (Å²) in [5, 5.41) is 3.16. The molecule has 2 saturated heterocycles. The van der Waals surface area contributed by atoms with Gasteiger partial charge in [-0.15, -0.1) is 11.8 Å². The first-order valence-corrected chi connectivity index (χ1v) is 5.60. The lowest BCUT2D eigenvalue weighted by molar-refractivity contribution is -0.145. The van der Waals surface area contributed by atoms with Gasteiger partial charge in [-0.05, 0) is 19.4 Å². The zero-order valence-corrected chi connectivity index (χ0v) is 8.10. The number of imide groups is 1. The van der Waals surface area contributed by atoms with Gasteiger partial charge < -0.3 is 0 Å². The van der Waals surface area contributed by atoms with Gasteiger partial charge in [0.25, 0.3) is 0 Å². The topological polar surface area (TPSA) is 49.4 Å². The van der Waals surface area contributed by atoms with Gasteiger partial charge in [-0.3, -0.25) is 19.8 Å². The van der Waals surface area contributed by atoms with Crippen LogP contribution >= 0.6 is 11.8 Å². The summed E-state index contributed by atoms with van der Waals surface area (Å²) in [5.74, 6) is 0.815. The molecule has 0 aliphatic carbocycles. The van der Waals surface area contributed by atoms with Gasteiger partial charge in [0.05, 0.1) is 17.7 Å². The lowest BCUT2D eigenvalue weighted by Gasteiger charge is -2.29. The maximum atomic E-state index is 11.4. The van der Waals surface area contributed by atoms with Crippen molar-refractivity contribution in [1.82, 2.24) is 10.2 Å². The lowest BCUT2D eigenvalue weighted by atomic mass is 10.3. The summed E-state index contributed by atoms with van der Waals surface area (Å²) in [7, 11) is 0. The molecule has 2 fully saturated rings. The van der Waals surface area contributed by atoms with Crippen LogP contribution in [0.3, 0.4) is 0 Å². The van der Waals surface area contributed by atoms with E-state index in [0.29, 0.717) is 11.5 Å². The van der Waals surface area contributed by atoms with Gasteiger partial charge in [0.1, 0.15) is 0 Å². The first-order chi connectivity index (χ1) is 6.29. The molecular formula is C8H12N2O2S. The molecule has 13 heavy (non-hydrogen) atoms. The van der Waals surface area contributed by atoms with Crippen LogP contribution in [0.2, 0.25) is 0 Å². The molecule has 0 bridgehead atoms. The monoisotopic (exact) mass is 200 g/mol. The smallest absolute Gasteiger partial charge is 0.240 e. The van der Waals surface area contributed by atoms with Gasteiger partial charge in [0.2, 0.25) is 11.8 Å². The van der Waals surface area contributed by atoms with Crippen LogP contribution in [0, 0.1) is 0 Å². The van der Waals surface area contributed by atoms with Crippen molar-refractivity contribution in [3.63, 3.8) is 0 Å². The predicted molar refractivity (Wildman–Crippen MR) is 50.2 cm³/mol. The van der Waals surface area contributed by atoms with E-state index in [4.69, 9.17) is 0 Å². The molecule has 2 aliphatic rings. The number of hydrogen-bond donors (Lipinski definition) is 1. The Balaban J connectivity index is 2.08. The van der Waals surface area contributed by atoms with Gasteiger partial charge >= 0.3 is 0 Å². The fraction of sp³-hybridized carbons (Fsp3) is 0.750. The highest BCUT2D eigenvalue weighted by molar-refractivity contribution is 8.00. The van der Waals surface area contributed by atoms with Gasteiger partial charge in [0.15, 0.2) is 0 Å². The fourth-order valence-corrected chi connectivity index (χ4v) is 2.47. The van der Waals surface area contributed by atoms with Crippen LogP contribution in [0.5, 0.6) is 0 Å². The molecule has 0 spiro atoms. The van der Waals surface area contributed by atoms with Crippen molar-refractivity contribution in [3.05, 3.63) is 0 Å². The minimum absolute atomic E-state index is 0.0269. The molecule has 2 aliphatic heterocycles. The molecule has 2 amide bonds. The minimum atomic E-state index is -0.0411. The van der Waals surface area contributed by atoms with Crippen LogP contribution in [-0.4, -0.2) is 40.9 Å². The molecule has 0 radical (unpaired) electrons. The molecule has 72 valence electrons. The quantitative estimate of drug-likeness (QED) is 0.595. The molecule has 4 nitrogen and oxygen atoms in total. The largest absolute Gasteiger partial charge is 0.297 e. The zero-order valence-electron chi connectivity index (χ0n) is 7.28. The van der Waals surface area contributed by atoms with Gasteiger partial charge in [-0.1, -0.05) is 0 Å². The van der Waals surface area contributed by atoms with Gasteiger partial charge in [0, 0.05) is 0 Å². The van der Waals surface area contributed by atoms with E-state index in [1.165, 1.54) is 16.7 Å². The number of nitrogens with zero attached hydrogens (tertiary/aromatic N) is 1. The van der Waals surface area contributed by atoms with Crippen LogP contribution in [0.25, 0.3) is 0 Å². The third-order valence-corrected chi connectivity index (χ3v) is 3.24. The second-order valence-corrected chi connectivity index (χ2v) is 4.25. The molecule has 0 aromatic rings. The van der Waals surface area contributed by atoms with E-state index >= 15 is 0 Å². The van der Waals surface area contributed by atoms with Crippen molar-refractivity contribution in [3.8, 4) is 0 Å². The molecule has 1 N–H and O–H groups in total. The molecule has 0 aromatic carbocycles. The van der Waals surface area contributed by atoms with Crippen molar-refractivity contribution >= 4 is 23.6 Å². The first-order valence-electron chi connectivity index (χ1n) is 4.45. The van der Waals surface area contributed by atoms with Crippen molar-refractivity contribution in [2.45, 2.75) is 19.0 Å². The molecular weight excluding hydrogens is 188 g/mol. The van der Waals surface area contributed by atoms with Crippen molar-refractivity contribution in [2.24, 2.45) is 0 Å². The Morgan fingerprint density at radius 2 is 2.00 bits per heavy atom. The highest BCUT2D eigenvalue weighted by Gasteiger charge is 2.33. The zero-order chi connectivity index (χ0) is 9.26. The van der Waals surface area contributed by atoms with Gasteiger partial charge in [-0.2, -0.15) is 0 Å². The molecule has 5 heteroatoms. The van der Waals surface area contributed by atoms with Crippen LogP contribution in [0.15, 0.2) is 0 Å². The molecule has 0 saturated carbocycles. The molecule has 1 unspecified atom stereocenters. The van der Waals surface area contributed by atoms with Gasteiger partial charge in [-0.25, -0.2) is 0 Å². The van der Waals surface area contributed by atoms with E-state index in [2.05, 4.69) is 5.32 Å². The molecule has 0 aromatic heterocycles.